The summed E-state index contributed by atoms with van der Waals surface area (Å²) in [4.78, 5) is 26.6. The number of nitriles is 2. The van der Waals surface area contributed by atoms with E-state index in [2.05, 4.69) is 10.5 Å². The maximum Gasteiger partial charge on any atom is 0.296 e. The first kappa shape index (κ1) is 19.4. The molecule has 9 nitrogen and oxygen atoms in total. The smallest absolute Gasteiger partial charge is 0.296 e. The summed E-state index contributed by atoms with van der Waals surface area (Å²) in [5.74, 6) is -0.505. The van der Waals surface area contributed by atoms with Crippen LogP contribution in [-0.4, -0.2) is 32.9 Å². The molecule has 0 atom stereocenters. The molecular formula is C20H17N7O2. The van der Waals surface area contributed by atoms with E-state index in [-0.39, 0.29) is 28.2 Å². The molecular weight excluding hydrogens is 370 g/mol. The number of nitrogens with one attached hydrogen (secondary N) is 1. The predicted molar refractivity (Wildman–Crippen MR) is 107 cm³/mol. The highest BCUT2D eigenvalue weighted by Gasteiger charge is 2.25. The van der Waals surface area contributed by atoms with E-state index in [9.17, 15) is 9.59 Å². The number of hydrogen-bond acceptors (Lipinski definition) is 6. The summed E-state index contributed by atoms with van der Waals surface area (Å²) in [6.07, 6.45) is 2.86. The number of hydrogen-bond donors (Lipinski definition) is 1. The summed E-state index contributed by atoms with van der Waals surface area (Å²) in [5, 5.41) is 22.1. The fourth-order valence-corrected chi connectivity index (χ4v) is 2.91. The normalized spacial score (nSPS) is 14.7. The van der Waals surface area contributed by atoms with Crippen LogP contribution in [0.25, 0.3) is 5.69 Å². The van der Waals surface area contributed by atoms with Crippen LogP contribution in [0.1, 0.15) is 5.69 Å². The van der Waals surface area contributed by atoms with Crippen LogP contribution < -0.4 is 11.0 Å². The zero-order chi connectivity index (χ0) is 21.1. The molecule has 3 rings (SSSR count). The van der Waals surface area contributed by atoms with Gasteiger partial charge in [-0.2, -0.15) is 15.6 Å². The Morgan fingerprint density at radius 2 is 1.72 bits per heavy atom. The van der Waals surface area contributed by atoms with E-state index < -0.39 is 5.91 Å². The van der Waals surface area contributed by atoms with Crippen molar-refractivity contribution in [2.75, 3.05) is 12.5 Å². The third-order valence-electron chi connectivity index (χ3n) is 4.61. The summed E-state index contributed by atoms with van der Waals surface area (Å²) in [7, 11) is 3.20. The van der Waals surface area contributed by atoms with Crippen molar-refractivity contribution in [1.82, 2.24) is 14.3 Å². The van der Waals surface area contributed by atoms with Crippen LogP contribution in [0.5, 0.6) is 0 Å². The topological polar surface area (TPSA) is 119 Å². The zero-order valence-corrected chi connectivity index (χ0v) is 16.0. The molecule has 9 heteroatoms. The van der Waals surface area contributed by atoms with Crippen LogP contribution in [-0.2, 0) is 11.8 Å². The molecule has 1 aliphatic heterocycles. The average Bonchev–Trinajstić information content (AvgIpc) is 2.94. The summed E-state index contributed by atoms with van der Waals surface area (Å²) >= 11 is 0. The summed E-state index contributed by atoms with van der Waals surface area (Å²) in [6.45, 7) is 1.76. The Bertz CT molecular complexity index is 1200. The average molecular weight is 387 g/mol. The number of benzene rings is 1. The van der Waals surface area contributed by atoms with Crippen molar-refractivity contribution in [3.63, 3.8) is 0 Å². The molecule has 0 radical (unpaired) electrons. The number of carbonyl (C=O) groups is 1. The Morgan fingerprint density at radius 1 is 1.07 bits per heavy atom. The molecule has 0 bridgehead atoms. The number of amides is 1. The van der Waals surface area contributed by atoms with Gasteiger partial charge in [-0.3, -0.25) is 19.7 Å². The van der Waals surface area contributed by atoms with Gasteiger partial charge in [-0.25, -0.2) is 4.68 Å². The van der Waals surface area contributed by atoms with Crippen molar-refractivity contribution >= 4 is 17.3 Å². The van der Waals surface area contributed by atoms with Gasteiger partial charge in [0.05, 0.1) is 17.1 Å². The monoisotopic (exact) mass is 387 g/mol. The molecule has 0 unspecified atom stereocenters. The SMILES string of the molecule is Cc1c(N/N=C2/C=CC(=C(C#N)C#N)N(C)C2=O)c(=O)n(-c2ccccc2)n1C. The highest BCUT2D eigenvalue weighted by molar-refractivity contribution is 6.44. The van der Waals surface area contributed by atoms with Crippen LogP contribution in [0.3, 0.4) is 0 Å². The number of nitrogens with zero attached hydrogens (tertiary/aromatic N) is 6. The molecule has 29 heavy (non-hydrogen) atoms. The Kier molecular flexibility index (Phi) is 5.15. The maximum atomic E-state index is 12.9. The van der Waals surface area contributed by atoms with E-state index in [1.165, 1.54) is 28.8 Å². The van der Waals surface area contributed by atoms with Gasteiger partial charge in [0, 0.05) is 14.1 Å². The summed E-state index contributed by atoms with van der Waals surface area (Å²) in [6, 6.07) is 12.7. The third kappa shape index (κ3) is 3.33. The first-order valence-corrected chi connectivity index (χ1v) is 8.59. The molecule has 2 heterocycles. The predicted octanol–water partition coefficient (Wildman–Crippen LogP) is 1.58. The molecule has 0 aliphatic carbocycles. The van der Waals surface area contributed by atoms with Crippen LogP contribution in [0.2, 0.25) is 0 Å². The van der Waals surface area contributed by atoms with Gasteiger partial charge >= 0.3 is 0 Å². The fourth-order valence-electron chi connectivity index (χ4n) is 2.91. The lowest BCUT2D eigenvalue weighted by atomic mass is 10.1. The number of para-hydroxylation sites is 1. The van der Waals surface area contributed by atoms with Crippen molar-refractivity contribution in [2.24, 2.45) is 12.1 Å². The molecule has 2 aromatic rings. The highest BCUT2D eigenvalue weighted by Crippen LogP contribution is 2.17. The van der Waals surface area contributed by atoms with Crippen molar-refractivity contribution in [3.8, 4) is 17.8 Å². The molecule has 1 aromatic carbocycles. The first-order chi connectivity index (χ1) is 13.9. The second-order valence-corrected chi connectivity index (χ2v) is 6.23. The molecule has 1 amide bonds. The van der Waals surface area contributed by atoms with E-state index in [1.54, 1.807) is 30.8 Å². The van der Waals surface area contributed by atoms with Gasteiger partial charge in [-0.05, 0) is 31.2 Å². The van der Waals surface area contributed by atoms with Crippen molar-refractivity contribution < 1.29 is 4.79 Å². The van der Waals surface area contributed by atoms with Crippen molar-refractivity contribution in [2.45, 2.75) is 6.92 Å². The molecule has 1 aromatic heterocycles. The molecule has 1 N–H and O–H groups in total. The minimum absolute atomic E-state index is 0.0420. The van der Waals surface area contributed by atoms with Gasteiger partial charge < -0.3 is 4.90 Å². The van der Waals surface area contributed by atoms with Crippen LogP contribution in [0.15, 0.2) is 63.6 Å². The second-order valence-electron chi connectivity index (χ2n) is 6.23. The zero-order valence-electron chi connectivity index (χ0n) is 16.0. The largest absolute Gasteiger partial charge is 0.308 e. The highest BCUT2D eigenvalue weighted by atomic mass is 16.2. The number of likely N-dealkylation sites (N-methyl/N-ethyl adjacent to an activating group) is 1. The lowest BCUT2D eigenvalue weighted by Crippen LogP contribution is -2.35. The summed E-state index contributed by atoms with van der Waals surface area (Å²) in [5.41, 5.74) is 4.03. The quantitative estimate of drug-likeness (QED) is 0.633. The van der Waals surface area contributed by atoms with E-state index in [4.69, 9.17) is 10.5 Å². The van der Waals surface area contributed by atoms with Gasteiger partial charge in [-0.15, -0.1) is 0 Å². The van der Waals surface area contributed by atoms with E-state index in [0.717, 1.165) is 0 Å². The third-order valence-corrected chi connectivity index (χ3v) is 4.61. The molecule has 0 saturated heterocycles. The standard InChI is InChI=1S/C20H17N7O2/c1-13-18(20(29)27(26(13)3)15-7-5-4-6-8-15)24-23-16-9-10-17(14(11-21)12-22)25(2)19(16)28/h4-10,24H,1-3H3/b23-16-. The van der Waals surface area contributed by atoms with Crippen LogP contribution in [0.4, 0.5) is 5.69 Å². The number of hydrazone groups is 1. The summed E-state index contributed by atoms with van der Waals surface area (Å²) < 4.78 is 3.19. The lowest BCUT2D eigenvalue weighted by molar-refractivity contribution is -0.121. The fraction of sp³-hybridized carbons (Fsp3) is 0.150. The van der Waals surface area contributed by atoms with E-state index in [1.807, 2.05) is 30.3 Å². The minimum atomic E-state index is -0.505. The molecule has 0 saturated carbocycles. The Balaban J connectivity index is 1.98. The van der Waals surface area contributed by atoms with Crippen molar-refractivity contribution in [1.29, 1.82) is 10.5 Å². The van der Waals surface area contributed by atoms with Crippen LogP contribution in [0, 0.1) is 29.6 Å². The maximum absolute atomic E-state index is 12.9. The van der Waals surface area contributed by atoms with Gasteiger partial charge in [0.25, 0.3) is 11.5 Å². The molecule has 1 aliphatic rings. The lowest BCUT2D eigenvalue weighted by Gasteiger charge is -2.22. The van der Waals surface area contributed by atoms with Gasteiger partial charge in [-0.1, -0.05) is 18.2 Å². The Morgan fingerprint density at radius 3 is 2.34 bits per heavy atom. The number of allylic oxidation sites excluding steroid dienone is 2. The number of anilines is 1. The first-order valence-electron chi connectivity index (χ1n) is 8.59. The van der Waals surface area contributed by atoms with Gasteiger partial charge in [0.1, 0.15) is 23.5 Å². The number of carbonyl (C=O) groups excluding carboxylic acids is 1. The molecule has 0 fully saturated rings. The Hall–Kier alpha value is -4.37. The van der Waals surface area contributed by atoms with Crippen molar-refractivity contribution in [3.05, 3.63) is 69.8 Å². The molecule has 144 valence electrons. The molecule has 0 spiro atoms. The Labute approximate surface area is 166 Å². The van der Waals surface area contributed by atoms with E-state index in [0.29, 0.717) is 11.4 Å². The van der Waals surface area contributed by atoms with Gasteiger partial charge in [0.15, 0.2) is 5.57 Å². The number of aromatic nitrogens is 2. The number of rotatable bonds is 3. The van der Waals surface area contributed by atoms with E-state index >= 15 is 0 Å². The minimum Gasteiger partial charge on any atom is -0.308 e. The van der Waals surface area contributed by atoms with Gasteiger partial charge in [0.2, 0.25) is 0 Å². The van der Waals surface area contributed by atoms with Crippen LogP contribution >= 0.6 is 0 Å². The second kappa shape index (κ2) is 7.71.